The molecule has 1 aliphatic carbocycles. The van der Waals surface area contributed by atoms with E-state index in [9.17, 15) is 4.39 Å². The van der Waals surface area contributed by atoms with E-state index in [4.69, 9.17) is 5.73 Å². The van der Waals surface area contributed by atoms with Crippen molar-refractivity contribution in [1.29, 1.82) is 0 Å². The van der Waals surface area contributed by atoms with Gasteiger partial charge in [-0.3, -0.25) is 0 Å². The van der Waals surface area contributed by atoms with E-state index in [0.717, 1.165) is 24.0 Å². The predicted molar refractivity (Wildman–Crippen MR) is 65.0 cm³/mol. The molecule has 0 heterocycles. The summed E-state index contributed by atoms with van der Waals surface area (Å²) in [5, 5.41) is 0. The number of hydrogen-bond acceptors (Lipinski definition) is 1. The number of nitrogens with two attached hydrogens (primary N) is 1. The molecule has 1 aromatic carbocycles. The number of aryl methyl sites for hydroxylation is 1. The van der Waals surface area contributed by atoms with E-state index in [0.29, 0.717) is 0 Å². The highest BCUT2D eigenvalue weighted by Gasteiger charge is 2.32. The fourth-order valence-corrected chi connectivity index (χ4v) is 2.70. The van der Waals surface area contributed by atoms with Crippen molar-refractivity contribution in [2.45, 2.75) is 51.2 Å². The van der Waals surface area contributed by atoms with Gasteiger partial charge in [0.25, 0.3) is 0 Å². The van der Waals surface area contributed by atoms with Gasteiger partial charge in [0.05, 0.1) is 0 Å². The van der Waals surface area contributed by atoms with Crippen molar-refractivity contribution in [2.75, 3.05) is 0 Å². The smallest absolute Gasteiger partial charge is 0.122 e. The van der Waals surface area contributed by atoms with E-state index < -0.39 is 6.17 Å². The van der Waals surface area contributed by atoms with E-state index in [-0.39, 0.29) is 5.54 Å². The number of benzene rings is 1. The lowest BCUT2D eigenvalue weighted by molar-refractivity contribution is 0.372. The molecule has 0 bridgehead atoms. The highest BCUT2D eigenvalue weighted by atomic mass is 19.1. The summed E-state index contributed by atoms with van der Waals surface area (Å²) in [6.45, 7) is 3.64. The summed E-state index contributed by atoms with van der Waals surface area (Å²) in [5.41, 5.74) is 9.30. The van der Waals surface area contributed by atoms with Crippen LogP contribution in [0.3, 0.4) is 0 Å². The van der Waals surface area contributed by atoms with Crippen LogP contribution in [0, 0.1) is 6.92 Å². The maximum Gasteiger partial charge on any atom is 0.122 e. The lowest BCUT2D eigenvalue weighted by Crippen LogP contribution is -2.34. The third-order valence-electron chi connectivity index (χ3n) is 3.75. The van der Waals surface area contributed by atoms with Crippen molar-refractivity contribution >= 4 is 0 Å². The average Bonchev–Trinajstić information content (AvgIpc) is 2.66. The van der Waals surface area contributed by atoms with Crippen LogP contribution in [0.15, 0.2) is 18.2 Å². The highest BCUT2D eigenvalue weighted by Crippen LogP contribution is 2.38. The Hall–Kier alpha value is -0.890. The summed E-state index contributed by atoms with van der Waals surface area (Å²) in [4.78, 5) is 0. The van der Waals surface area contributed by atoms with Gasteiger partial charge in [-0.05, 0) is 43.4 Å². The fourth-order valence-electron chi connectivity index (χ4n) is 2.70. The standard InChI is InChI=1S/C14H20FN/c1-10-5-6-12(11(2)15)9-13(10)14(16)7-3-4-8-14/h5-6,9,11H,3-4,7-8,16H2,1-2H3. The van der Waals surface area contributed by atoms with E-state index in [1.807, 2.05) is 18.2 Å². The molecule has 2 heteroatoms. The first-order valence-corrected chi connectivity index (χ1v) is 6.07. The molecule has 1 atom stereocenters. The second-order valence-corrected chi connectivity index (χ2v) is 5.05. The third kappa shape index (κ3) is 1.99. The molecule has 0 spiro atoms. The Morgan fingerprint density at radius 3 is 2.50 bits per heavy atom. The van der Waals surface area contributed by atoms with Crippen LogP contribution < -0.4 is 5.73 Å². The van der Waals surface area contributed by atoms with Gasteiger partial charge in [-0.25, -0.2) is 4.39 Å². The second kappa shape index (κ2) is 4.17. The molecule has 1 nitrogen and oxygen atoms in total. The molecule has 1 saturated carbocycles. The summed E-state index contributed by atoms with van der Waals surface area (Å²) >= 11 is 0. The topological polar surface area (TPSA) is 26.0 Å². The molecular weight excluding hydrogens is 201 g/mol. The average molecular weight is 221 g/mol. The van der Waals surface area contributed by atoms with Crippen LogP contribution in [0.25, 0.3) is 0 Å². The molecule has 1 aromatic rings. The zero-order valence-electron chi connectivity index (χ0n) is 10.1. The summed E-state index contributed by atoms with van der Waals surface area (Å²) in [6.07, 6.45) is 3.51. The third-order valence-corrected chi connectivity index (χ3v) is 3.75. The van der Waals surface area contributed by atoms with Gasteiger partial charge in [0.15, 0.2) is 0 Å². The monoisotopic (exact) mass is 221 g/mol. The van der Waals surface area contributed by atoms with Crippen molar-refractivity contribution < 1.29 is 4.39 Å². The minimum absolute atomic E-state index is 0.213. The summed E-state index contributed by atoms with van der Waals surface area (Å²) in [6, 6.07) is 5.82. The minimum Gasteiger partial charge on any atom is -0.321 e. The molecule has 1 unspecified atom stereocenters. The second-order valence-electron chi connectivity index (χ2n) is 5.05. The quantitative estimate of drug-likeness (QED) is 0.808. The van der Waals surface area contributed by atoms with E-state index in [2.05, 4.69) is 6.92 Å². The van der Waals surface area contributed by atoms with Crippen LogP contribution in [0.4, 0.5) is 4.39 Å². The molecule has 0 aromatic heterocycles. The minimum atomic E-state index is -0.913. The van der Waals surface area contributed by atoms with Crippen molar-refractivity contribution in [2.24, 2.45) is 5.73 Å². The number of hydrogen-bond donors (Lipinski definition) is 1. The summed E-state index contributed by atoms with van der Waals surface area (Å²) < 4.78 is 13.3. The maximum absolute atomic E-state index is 13.3. The number of rotatable bonds is 2. The Morgan fingerprint density at radius 2 is 1.94 bits per heavy atom. The molecule has 0 aliphatic heterocycles. The molecule has 0 amide bonds. The highest BCUT2D eigenvalue weighted by molar-refractivity contribution is 5.37. The van der Waals surface area contributed by atoms with Crippen LogP contribution in [0.1, 0.15) is 55.5 Å². The van der Waals surface area contributed by atoms with E-state index in [1.54, 1.807) is 6.92 Å². The molecule has 0 saturated heterocycles. The largest absolute Gasteiger partial charge is 0.321 e. The normalized spacial score (nSPS) is 21.0. The van der Waals surface area contributed by atoms with Crippen molar-refractivity contribution in [3.63, 3.8) is 0 Å². The molecular formula is C14H20FN. The predicted octanol–water partition coefficient (Wildman–Crippen LogP) is 3.75. The molecule has 1 aliphatic rings. The Balaban J connectivity index is 2.42. The maximum atomic E-state index is 13.3. The summed E-state index contributed by atoms with van der Waals surface area (Å²) in [7, 11) is 0. The first kappa shape index (κ1) is 11.6. The molecule has 88 valence electrons. The Morgan fingerprint density at radius 1 is 1.31 bits per heavy atom. The SMILES string of the molecule is Cc1ccc(C(C)F)cc1C1(N)CCCC1. The summed E-state index contributed by atoms with van der Waals surface area (Å²) in [5.74, 6) is 0. The van der Waals surface area contributed by atoms with Gasteiger partial charge in [-0.15, -0.1) is 0 Å². The van der Waals surface area contributed by atoms with Gasteiger partial charge in [0, 0.05) is 5.54 Å². The first-order valence-electron chi connectivity index (χ1n) is 6.07. The van der Waals surface area contributed by atoms with Crippen molar-refractivity contribution in [1.82, 2.24) is 0 Å². The van der Waals surface area contributed by atoms with Gasteiger partial charge >= 0.3 is 0 Å². The molecule has 1 fully saturated rings. The van der Waals surface area contributed by atoms with Gasteiger partial charge in [-0.1, -0.05) is 31.0 Å². The van der Waals surface area contributed by atoms with Gasteiger partial charge in [0.2, 0.25) is 0 Å². The van der Waals surface area contributed by atoms with Crippen LogP contribution in [-0.2, 0) is 5.54 Å². The van der Waals surface area contributed by atoms with Crippen molar-refractivity contribution in [3.8, 4) is 0 Å². The van der Waals surface area contributed by atoms with E-state index >= 15 is 0 Å². The lowest BCUT2D eigenvalue weighted by Gasteiger charge is -2.27. The van der Waals surface area contributed by atoms with Gasteiger partial charge in [-0.2, -0.15) is 0 Å². The first-order chi connectivity index (χ1) is 7.53. The Kier molecular flexibility index (Phi) is 3.02. The molecule has 2 N–H and O–H groups in total. The van der Waals surface area contributed by atoms with Crippen molar-refractivity contribution in [3.05, 3.63) is 34.9 Å². The van der Waals surface area contributed by atoms with Gasteiger partial charge < -0.3 is 5.73 Å². The number of alkyl halides is 1. The lowest BCUT2D eigenvalue weighted by atomic mass is 9.85. The zero-order valence-corrected chi connectivity index (χ0v) is 10.1. The Bertz CT molecular complexity index is 378. The van der Waals surface area contributed by atoms with E-state index in [1.165, 1.54) is 18.4 Å². The zero-order chi connectivity index (χ0) is 11.8. The van der Waals surface area contributed by atoms with Gasteiger partial charge in [0.1, 0.15) is 6.17 Å². The molecule has 0 radical (unpaired) electrons. The molecule has 2 rings (SSSR count). The van der Waals surface area contributed by atoms with Crippen LogP contribution in [0.2, 0.25) is 0 Å². The fraction of sp³-hybridized carbons (Fsp3) is 0.571. The van der Waals surface area contributed by atoms with Crippen LogP contribution in [-0.4, -0.2) is 0 Å². The molecule has 16 heavy (non-hydrogen) atoms. The Labute approximate surface area is 96.9 Å². The van der Waals surface area contributed by atoms with Crippen LogP contribution >= 0.6 is 0 Å². The number of halogens is 1. The van der Waals surface area contributed by atoms with Crippen LogP contribution in [0.5, 0.6) is 0 Å².